The number of allylic oxidation sites excluding steroid dienone is 2. The maximum Gasteiger partial charge on any atom is 0.338 e. The van der Waals surface area contributed by atoms with E-state index in [4.69, 9.17) is 9.47 Å². The summed E-state index contributed by atoms with van der Waals surface area (Å²) < 4.78 is 11.0. The monoisotopic (exact) mass is 406 g/mol. The van der Waals surface area contributed by atoms with E-state index in [1.807, 2.05) is 68.4 Å². The second-order valence-corrected chi connectivity index (χ2v) is 7.71. The Balaban J connectivity index is 1.62. The molecule has 2 aliphatic heterocycles. The highest BCUT2D eigenvalue weighted by molar-refractivity contribution is 8.16. The van der Waals surface area contributed by atoms with Gasteiger partial charge in [0.25, 0.3) is 0 Å². The molecule has 2 heterocycles. The molecule has 2 aliphatic rings. The standard InChI is InChI=1S/C23H22N2O3S/c1-15-14-29-23-24-16(2)20(22(26)27-3)21(25(15)23)18-9-11-19(12-10-18)28-13-17-7-5-4-6-8-17/h4-12,14,21H,13H2,1-3H3. The highest BCUT2D eigenvalue weighted by atomic mass is 32.2. The molecule has 5 nitrogen and oxygen atoms in total. The summed E-state index contributed by atoms with van der Waals surface area (Å²) in [6.45, 7) is 4.39. The van der Waals surface area contributed by atoms with Crippen molar-refractivity contribution < 1.29 is 14.3 Å². The number of carbonyl (C=O) groups is 1. The molecule has 0 spiro atoms. The summed E-state index contributed by atoms with van der Waals surface area (Å²) in [5.74, 6) is 0.426. The van der Waals surface area contributed by atoms with Gasteiger partial charge in [0.05, 0.1) is 24.4 Å². The van der Waals surface area contributed by atoms with E-state index < -0.39 is 0 Å². The number of rotatable bonds is 5. The molecule has 29 heavy (non-hydrogen) atoms. The van der Waals surface area contributed by atoms with Crippen LogP contribution in [0.4, 0.5) is 0 Å². The van der Waals surface area contributed by atoms with Crippen LogP contribution in [0.25, 0.3) is 0 Å². The van der Waals surface area contributed by atoms with Crippen LogP contribution < -0.4 is 4.74 Å². The molecule has 0 amide bonds. The van der Waals surface area contributed by atoms with Crippen molar-refractivity contribution in [2.75, 3.05) is 7.11 Å². The third kappa shape index (κ3) is 3.80. The van der Waals surface area contributed by atoms with Crippen LogP contribution in [0.1, 0.15) is 31.0 Å². The van der Waals surface area contributed by atoms with Gasteiger partial charge in [-0.05, 0) is 42.5 Å². The van der Waals surface area contributed by atoms with Crippen molar-refractivity contribution in [3.63, 3.8) is 0 Å². The first-order chi connectivity index (χ1) is 14.1. The van der Waals surface area contributed by atoms with E-state index in [9.17, 15) is 4.79 Å². The van der Waals surface area contributed by atoms with Gasteiger partial charge in [-0.2, -0.15) is 0 Å². The Morgan fingerprint density at radius 2 is 1.83 bits per heavy atom. The van der Waals surface area contributed by atoms with E-state index in [0.717, 1.165) is 27.7 Å². The predicted octanol–water partition coefficient (Wildman–Crippen LogP) is 5.03. The Kier molecular flexibility index (Phi) is 5.45. The molecule has 148 valence electrons. The van der Waals surface area contributed by atoms with Crippen molar-refractivity contribution in [3.8, 4) is 5.75 Å². The number of amidine groups is 1. The number of fused-ring (bicyclic) bond motifs is 1. The Labute approximate surface area is 174 Å². The summed E-state index contributed by atoms with van der Waals surface area (Å²) >= 11 is 1.57. The number of benzene rings is 2. The maximum absolute atomic E-state index is 12.6. The first kappa shape index (κ1) is 19.3. The fourth-order valence-electron chi connectivity index (χ4n) is 3.50. The third-order valence-corrected chi connectivity index (χ3v) is 5.91. The summed E-state index contributed by atoms with van der Waals surface area (Å²) in [6.07, 6.45) is 0. The molecule has 6 heteroatoms. The van der Waals surface area contributed by atoms with Crippen LogP contribution in [-0.2, 0) is 16.1 Å². The van der Waals surface area contributed by atoms with Gasteiger partial charge in [-0.1, -0.05) is 54.2 Å². The Bertz CT molecular complexity index is 1010. The molecule has 0 aromatic heterocycles. The minimum absolute atomic E-state index is 0.274. The molecule has 0 radical (unpaired) electrons. The van der Waals surface area contributed by atoms with E-state index in [0.29, 0.717) is 17.9 Å². The topological polar surface area (TPSA) is 51.1 Å². The molecule has 2 aromatic carbocycles. The van der Waals surface area contributed by atoms with Crippen LogP contribution in [-0.4, -0.2) is 23.1 Å². The van der Waals surface area contributed by atoms with E-state index in [1.54, 1.807) is 11.8 Å². The molecule has 1 atom stereocenters. The van der Waals surface area contributed by atoms with Gasteiger partial charge in [-0.15, -0.1) is 0 Å². The molecular formula is C23H22N2O3S. The number of esters is 1. The maximum atomic E-state index is 12.6. The number of hydrogen-bond donors (Lipinski definition) is 0. The lowest BCUT2D eigenvalue weighted by atomic mass is 9.94. The van der Waals surface area contributed by atoms with Gasteiger partial charge in [0.2, 0.25) is 0 Å². The van der Waals surface area contributed by atoms with Crippen molar-refractivity contribution in [1.29, 1.82) is 0 Å². The Morgan fingerprint density at radius 1 is 1.10 bits per heavy atom. The van der Waals surface area contributed by atoms with Crippen LogP contribution in [0.2, 0.25) is 0 Å². The van der Waals surface area contributed by atoms with Crippen LogP contribution in [0, 0.1) is 0 Å². The van der Waals surface area contributed by atoms with Gasteiger partial charge < -0.3 is 14.4 Å². The number of nitrogens with zero attached hydrogens (tertiary/aromatic N) is 2. The SMILES string of the molecule is COC(=O)C1=C(C)N=C2SC=C(C)N2C1c1ccc(OCc2ccccc2)cc1. The molecule has 2 aromatic rings. The highest BCUT2D eigenvalue weighted by Gasteiger charge is 2.39. The van der Waals surface area contributed by atoms with Crippen LogP contribution in [0.15, 0.2) is 82.0 Å². The molecule has 0 fully saturated rings. The quantitative estimate of drug-likeness (QED) is 0.652. The summed E-state index contributed by atoms with van der Waals surface area (Å²) in [4.78, 5) is 19.3. The number of aliphatic imine (C=N–C) groups is 1. The second-order valence-electron chi connectivity index (χ2n) is 6.88. The van der Waals surface area contributed by atoms with Crippen molar-refractivity contribution in [2.45, 2.75) is 26.5 Å². The fraction of sp³-hybridized carbons (Fsp3) is 0.217. The largest absolute Gasteiger partial charge is 0.489 e. The minimum Gasteiger partial charge on any atom is -0.489 e. The smallest absolute Gasteiger partial charge is 0.338 e. The van der Waals surface area contributed by atoms with Crippen molar-refractivity contribution in [3.05, 3.63) is 88.1 Å². The van der Waals surface area contributed by atoms with E-state index >= 15 is 0 Å². The molecule has 0 N–H and O–H groups in total. The molecule has 0 saturated carbocycles. The zero-order valence-electron chi connectivity index (χ0n) is 16.6. The molecular weight excluding hydrogens is 384 g/mol. The van der Waals surface area contributed by atoms with E-state index in [-0.39, 0.29) is 12.0 Å². The number of thioether (sulfide) groups is 1. The zero-order chi connectivity index (χ0) is 20.4. The molecule has 1 unspecified atom stereocenters. The summed E-state index contributed by atoms with van der Waals surface area (Å²) in [5.41, 5.74) is 4.40. The summed E-state index contributed by atoms with van der Waals surface area (Å²) in [6, 6.07) is 17.7. The van der Waals surface area contributed by atoms with Gasteiger partial charge >= 0.3 is 5.97 Å². The zero-order valence-corrected chi connectivity index (χ0v) is 17.4. The Hall–Kier alpha value is -2.99. The van der Waals surface area contributed by atoms with Crippen molar-refractivity contribution >= 4 is 22.9 Å². The molecule has 4 rings (SSSR count). The highest BCUT2D eigenvalue weighted by Crippen LogP contribution is 2.43. The molecule has 0 aliphatic carbocycles. The fourth-order valence-corrected chi connectivity index (χ4v) is 4.44. The van der Waals surface area contributed by atoms with Gasteiger partial charge in [0, 0.05) is 5.70 Å². The number of ether oxygens (including phenoxy) is 2. The molecule has 0 saturated heterocycles. The van der Waals surface area contributed by atoms with E-state index in [2.05, 4.69) is 15.3 Å². The van der Waals surface area contributed by atoms with Gasteiger partial charge in [0.1, 0.15) is 12.4 Å². The first-order valence-electron chi connectivity index (χ1n) is 9.35. The Morgan fingerprint density at radius 3 is 2.52 bits per heavy atom. The third-order valence-electron chi connectivity index (χ3n) is 4.96. The summed E-state index contributed by atoms with van der Waals surface area (Å²) in [7, 11) is 1.40. The summed E-state index contributed by atoms with van der Waals surface area (Å²) in [5, 5.41) is 2.93. The van der Waals surface area contributed by atoms with Crippen molar-refractivity contribution in [2.24, 2.45) is 4.99 Å². The van der Waals surface area contributed by atoms with Crippen molar-refractivity contribution in [1.82, 2.24) is 4.90 Å². The number of carbonyl (C=O) groups excluding carboxylic acids is 1. The van der Waals surface area contributed by atoms with Crippen LogP contribution in [0.5, 0.6) is 5.75 Å². The van der Waals surface area contributed by atoms with Crippen LogP contribution in [0.3, 0.4) is 0 Å². The van der Waals surface area contributed by atoms with Gasteiger partial charge in [0.15, 0.2) is 5.17 Å². The van der Waals surface area contributed by atoms with E-state index in [1.165, 1.54) is 7.11 Å². The average molecular weight is 407 g/mol. The minimum atomic E-state index is -0.357. The number of methoxy groups -OCH3 is 1. The number of hydrogen-bond acceptors (Lipinski definition) is 6. The van der Waals surface area contributed by atoms with Gasteiger partial charge in [-0.25, -0.2) is 9.79 Å². The molecule has 0 bridgehead atoms. The lowest BCUT2D eigenvalue weighted by molar-refractivity contribution is -0.136. The lowest BCUT2D eigenvalue weighted by Gasteiger charge is -2.35. The van der Waals surface area contributed by atoms with Gasteiger partial charge in [-0.3, -0.25) is 0 Å². The average Bonchev–Trinajstić information content (AvgIpc) is 3.12. The normalized spacial score (nSPS) is 18.2. The first-order valence-corrected chi connectivity index (χ1v) is 10.2. The predicted molar refractivity (Wildman–Crippen MR) is 115 cm³/mol. The second kappa shape index (κ2) is 8.17. The van der Waals surface area contributed by atoms with Crippen LogP contribution >= 0.6 is 11.8 Å². The lowest BCUT2D eigenvalue weighted by Crippen LogP contribution is -2.35.